The molecule has 1 unspecified atom stereocenters. The van der Waals surface area contributed by atoms with Crippen LogP contribution in [0.1, 0.15) is 44.0 Å². The zero-order valence-electron chi connectivity index (χ0n) is 18.8. The van der Waals surface area contributed by atoms with Gasteiger partial charge in [-0.25, -0.2) is 19.2 Å². The highest BCUT2D eigenvalue weighted by molar-refractivity contribution is 5.95. The first-order valence-electron chi connectivity index (χ1n) is 11.2. The molecule has 0 spiro atoms. The van der Waals surface area contributed by atoms with Gasteiger partial charge < -0.3 is 18.9 Å². The molecule has 32 heavy (non-hydrogen) atoms. The molecular formula is C24H29FN4O3. The Balaban J connectivity index is 1.75. The van der Waals surface area contributed by atoms with Crippen LogP contribution in [0.3, 0.4) is 0 Å². The van der Waals surface area contributed by atoms with Crippen LogP contribution in [0.5, 0.6) is 0 Å². The average molecular weight is 441 g/mol. The van der Waals surface area contributed by atoms with E-state index in [2.05, 4.69) is 21.8 Å². The number of carbonyl (C=O) groups excluding carboxylic acids is 1. The number of nitrogens with zero attached hydrogens (tertiary/aromatic N) is 4. The van der Waals surface area contributed by atoms with Gasteiger partial charge >= 0.3 is 5.97 Å². The maximum Gasteiger partial charge on any atom is 0.341 e. The normalized spacial score (nSPS) is 16.1. The summed E-state index contributed by atoms with van der Waals surface area (Å²) in [4.78, 5) is 23.7. The van der Waals surface area contributed by atoms with Crippen molar-refractivity contribution in [3.05, 3.63) is 41.8 Å². The number of hydrogen-bond donors (Lipinski definition) is 0. The minimum Gasteiger partial charge on any atom is -0.462 e. The number of benzene rings is 1. The summed E-state index contributed by atoms with van der Waals surface area (Å²) in [6, 6.07) is 7.59. The third-order valence-corrected chi connectivity index (χ3v) is 5.87. The van der Waals surface area contributed by atoms with Crippen LogP contribution in [0.15, 0.2) is 30.5 Å². The third kappa shape index (κ3) is 4.19. The maximum absolute atomic E-state index is 15.2. The van der Waals surface area contributed by atoms with Gasteiger partial charge in [0.05, 0.1) is 24.3 Å². The smallest absolute Gasteiger partial charge is 0.341 e. The summed E-state index contributed by atoms with van der Waals surface area (Å²) in [5.41, 5.74) is 1.41. The highest BCUT2D eigenvalue weighted by Gasteiger charge is 2.23. The number of esters is 1. The number of imidazole rings is 1. The zero-order valence-corrected chi connectivity index (χ0v) is 18.8. The van der Waals surface area contributed by atoms with Gasteiger partial charge in [-0.3, -0.25) is 0 Å². The number of fused-ring (bicyclic) bond motifs is 1. The van der Waals surface area contributed by atoms with Gasteiger partial charge in [0.15, 0.2) is 5.82 Å². The average Bonchev–Trinajstić information content (AvgIpc) is 3.39. The van der Waals surface area contributed by atoms with Crippen LogP contribution in [0.4, 0.5) is 10.2 Å². The molecule has 8 heteroatoms. The summed E-state index contributed by atoms with van der Waals surface area (Å²) in [7, 11) is 0. The fourth-order valence-electron chi connectivity index (χ4n) is 4.23. The summed E-state index contributed by atoms with van der Waals surface area (Å²) < 4.78 is 27.6. The van der Waals surface area contributed by atoms with E-state index in [9.17, 15) is 4.79 Å². The highest BCUT2D eigenvalue weighted by atomic mass is 19.1. The number of halogens is 1. The Kier molecular flexibility index (Phi) is 6.69. The van der Waals surface area contributed by atoms with E-state index in [0.717, 1.165) is 17.9 Å². The lowest BCUT2D eigenvalue weighted by Gasteiger charge is -2.22. The SMILES string of the molecule is CCOCCn1c(-c2ccc(N3CCCC3C)nc2)nc2c(F)c(C(=O)OCC)ccc21. The third-order valence-electron chi connectivity index (χ3n) is 5.87. The molecule has 1 aromatic carbocycles. The summed E-state index contributed by atoms with van der Waals surface area (Å²) >= 11 is 0. The molecule has 0 radical (unpaired) electrons. The molecule has 4 rings (SSSR count). The number of carbonyl (C=O) groups is 1. The number of ether oxygens (including phenoxy) is 2. The molecule has 0 amide bonds. The summed E-state index contributed by atoms with van der Waals surface area (Å²) in [6.07, 6.45) is 4.11. The second-order valence-electron chi connectivity index (χ2n) is 7.89. The van der Waals surface area contributed by atoms with Crippen LogP contribution in [-0.2, 0) is 16.0 Å². The summed E-state index contributed by atoms with van der Waals surface area (Å²) in [5.74, 6) is 0.163. The minimum atomic E-state index is -0.692. The Bertz CT molecular complexity index is 1100. The molecule has 170 valence electrons. The van der Waals surface area contributed by atoms with Crippen molar-refractivity contribution in [1.82, 2.24) is 14.5 Å². The Hall–Kier alpha value is -3.00. The molecule has 1 fully saturated rings. The predicted molar refractivity (Wildman–Crippen MR) is 121 cm³/mol. The standard InChI is InChI=1S/C24H29FN4O3/c1-4-31-14-13-29-19-10-9-18(24(30)32-5-2)21(25)22(19)27-23(29)17-8-11-20(26-15-17)28-12-6-7-16(28)3/h8-11,15-16H,4-7,12-14H2,1-3H3. The van der Waals surface area contributed by atoms with Gasteiger partial charge in [0.1, 0.15) is 17.2 Å². The van der Waals surface area contributed by atoms with E-state index < -0.39 is 11.8 Å². The molecule has 3 heterocycles. The van der Waals surface area contributed by atoms with Crippen molar-refractivity contribution < 1.29 is 18.7 Å². The lowest BCUT2D eigenvalue weighted by molar-refractivity contribution is 0.0521. The minimum absolute atomic E-state index is 0.114. The van der Waals surface area contributed by atoms with E-state index >= 15 is 4.39 Å². The van der Waals surface area contributed by atoms with Gasteiger partial charge in [0.2, 0.25) is 0 Å². The number of pyridine rings is 1. The molecule has 1 atom stereocenters. The quantitative estimate of drug-likeness (QED) is 0.381. The van der Waals surface area contributed by atoms with E-state index in [0.29, 0.717) is 37.1 Å². The molecule has 7 nitrogen and oxygen atoms in total. The number of rotatable bonds is 8. The molecule has 0 bridgehead atoms. The van der Waals surface area contributed by atoms with Gasteiger partial charge in [-0.15, -0.1) is 0 Å². The van der Waals surface area contributed by atoms with Crippen LogP contribution < -0.4 is 4.90 Å². The van der Waals surface area contributed by atoms with E-state index in [1.807, 2.05) is 23.6 Å². The lowest BCUT2D eigenvalue weighted by atomic mass is 10.2. The number of hydrogen-bond acceptors (Lipinski definition) is 6. The van der Waals surface area contributed by atoms with Crippen molar-refractivity contribution in [2.45, 2.75) is 46.2 Å². The monoisotopic (exact) mass is 440 g/mol. The number of anilines is 1. The van der Waals surface area contributed by atoms with Crippen molar-refractivity contribution in [3.63, 3.8) is 0 Å². The Morgan fingerprint density at radius 1 is 1.22 bits per heavy atom. The van der Waals surface area contributed by atoms with Gasteiger partial charge in [-0.2, -0.15) is 0 Å². The van der Waals surface area contributed by atoms with Crippen LogP contribution in [0.2, 0.25) is 0 Å². The molecule has 1 aliphatic rings. The van der Waals surface area contributed by atoms with Crippen LogP contribution in [-0.4, -0.2) is 52.9 Å². The van der Waals surface area contributed by atoms with Crippen molar-refractivity contribution in [3.8, 4) is 11.4 Å². The molecule has 0 aliphatic carbocycles. The molecular weight excluding hydrogens is 411 g/mol. The van der Waals surface area contributed by atoms with Gasteiger partial charge in [-0.1, -0.05) is 0 Å². The predicted octanol–water partition coefficient (Wildman–Crippen LogP) is 4.44. The van der Waals surface area contributed by atoms with Crippen molar-refractivity contribution >= 4 is 22.8 Å². The van der Waals surface area contributed by atoms with Gasteiger partial charge in [-0.05, 0) is 57.9 Å². The molecule has 0 saturated carbocycles. The van der Waals surface area contributed by atoms with E-state index in [4.69, 9.17) is 9.47 Å². The molecule has 2 aromatic heterocycles. The van der Waals surface area contributed by atoms with E-state index in [-0.39, 0.29) is 17.7 Å². The molecule has 0 N–H and O–H groups in total. The van der Waals surface area contributed by atoms with Crippen LogP contribution in [0.25, 0.3) is 22.4 Å². The second kappa shape index (κ2) is 9.65. The Morgan fingerprint density at radius 3 is 2.72 bits per heavy atom. The van der Waals surface area contributed by atoms with Crippen molar-refractivity contribution in [2.75, 3.05) is 31.3 Å². The largest absolute Gasteiger partial charge is 0.462 e. The fourth-order valence-corrected chi connectivity index (χ4v) is 4.23. The first kappa shape index (κ1) is 22.2. The summed E-state index contributed by atoms with van der Waals surface area (Å²) in [6.45, 7) is 8.57. The Morgan fingerprint density at radius 2 is 2.06 bits per heavy atom. The first-order valence-corrected chi connectivity index (χ1v) is 11.2. The topological polar surface area (TPSA) is 69.5 Å². The van der Waals surface area contributed by atoms with Gasteiger partial charge in [0.25, 0.3) is 0 Å². The zero-order chi connectivity index (χ0) is 22.7. The van der Waals surface area contributed by atoms with Crippen LogP contribution in [0, 0.1) is 5.82 Å². The maximum atomic E-state index is 15.2. The first-order chi connectivity index (χ1) is 15.5. The van der Waals surface area contributed by atoms with Crippen molar-refractivity contribution in [2.24, 2.45) is 0 Å². The number of aromatic nitrogens is 3. The molecule has 3 aromatic rings. The highest BCUT2D eigenvalue weighted by Crippen LogP contribution is 2.30. The summed E-state index contributed by atoms with van der Waals surface area (Å²) in [5, 5.41) is 0. The Labute approximate surface area is 187 Å². The molecule has 1 aliphatic heterocycles. The van der Waals surface area contributed by atoms with Crippen LogP contribution >= 0.6 is 0 Å². The molecule has 1 saturated heterocycles. The lowest BCUT2D eigenvalue weighted by Crippen LogP contribution is -2.26. The van der Waals surface area contributed by atoms with Crippen molar-refractivity contribution in [1.29, 1.82) is 0 Å². The van der Waals surface area contributed by atoms with E-state index in [1.165, 1.54) is 18.9 Å². The fraction of sp³-hybridized carbons (Fsp3) is 0.458. The second-order valence-corrected chi connectivity index (χ2v) is 7.89. The van der Waals surface area contributed by atoms with E-state index in [1.54, 1.807) is 19.2 Å². The van der Waals surface area contributed by atoms with Gasteiger partial charge in [0, 0.05) is 37.5 Å².